The molecule has 0 aliphatic carbocycles. The van der Waals surface area contributed by atoms with Crippen molar-refractivity contribution < 1.29 is 14.0 Å². The number of benzene rings is 1. The fraction of sp³-hybridized carbons (Fsp3) is 0.611. The first kappa shape index (κ1) is 22.1. The van der Waals surface area contributed by atoms with Gasteiger partial charge >= 0.3 is 0 Å². The fourth-order valence-electron chi connectivity index (χ4n) is 2.19. The third-order valence-corrected chi connectivity index (χ3v) is 8.83. The first-order valence-electron chi connectivity index (χ1n) is 8.59. The van der Waals surface area contributed by atoms with Crippen LogP contribution in [0.15, 0.2) is 18.2 Å². The number of amides is 1. The molecule has 25 heavy (non-hydrogen) atoms. The fourth-order valence-corrected chi connectivity index (χ4v) is 3.14. The molecule has 1 amide bonds. The molecule has 1 aromatic carbocycles. The predicted octanol–water partition coefficient (Wildman–Crippen LogP) is 3.83. The highest BCUT2D eigenvalue weighted by Crippen LogP contribution is 2.40. The Balaban J connectivity index is 2.35. The van der Waals surface area contributed by atoms with Gasteiger partial charge in [0, 0.05) is 18.2 Å². The molecule has 0 aromatic heterocycles. The smallest absolute Gasteiger partial charge is 0.234 e. The molecule has 0 saturated carbocycles. The molecule has 0 unspecified atom stereocenters. The van der Waals surface area contributed by atoms with Crippen LogP contribution in [-0.2, 0) is 11.3 Å². The average molecular weight is 389 g/mol. The first-order chi connectivity index (χ1) is 11.4. The maximum atomic E-state index is 13.8. The van der Waals surface area contributed by atoms with Crippen LogP contribution in [-0.4, -0.2) is 31.6 Å². The number of nitrogens with one attached hydrogen (secondary N) is 2. The van der Waals surface area contributed by atoms with Crippen LogP contribution in [0.5, 0.6) is 0 Å². The molecule has 0 heterocycles. The Hall–Kier alpha value is -0.953. The minimum atomic E-state index is -2.21. The Morgan fingerprint density at radius 1 is 1.40 bits per heavy atom. The third kappa shape index (κ3) is 7.05. The highest BCUT2D eigenvalue weighted by atomic mass is 35.5. The van der Waals surface area contributed by atoms with Gasteiger partial charge in [-0.3, -0.25) is 4.79 Å². The highest BCUT2D eigenvalue weighted by Gasteiger charge is 2.37. The van der Waals surface area contributed by atoms with Gasteiger partial charge in [0.15, 0.2) is 8.32 Å². The summed E-state index contributed by atoms with van der Waals surface area (Å²) in [7, 11) is -2.21. The van der Waals surface area contributed by atoms with Crippen LogP contribution in [0.3, 0.4) is 0 Å². The molecule has 0 bridgehead atoms. The van der Waals surface area contributed by atoms with E-state index in [4.69, 9.17) is 11.6 Å². The van der Waals surface area contributed by atoms with E-state index in [2.05, 4.69) is 24.5 Å². The van der Waals surface area contributed by atoms with Crippen molar-refractivity contribution in [1.82, 2.24) is 10.6 Å². The Morgan fingerprint density at radius 3 is 2.64 bits per heavy atom. The highest BCUT2D eigenvalue weighted by molar-refractivity contribution is 6.72. The number of carbonyl (C=O) groups excluding carboxylic acids is 1. The van der Waals surface area contributed by atoms with Crippen LogP contribution >= 0.6 is 11.6 Å². The molecule has 1 rings (SSSR count). The lowest BCUT2D eigenvalue weighted by atomic mass is 10.0. The minimum Gasteiger partial charge on any atom is -0.432 e. The molecule has 1 aromatic rings. The molecule has 1 atom stereocenters. The molecule has 3 N–H and O–H groups in total. The van der Waals surface area contributed by atoms with Crippen LogP contribution in [0.25, 0.3) is 0 Å². The third-order valence-electron chi connectivity index (χ3n) is 4.98. The van der Waals surface area contributed by atoms with Crippen LogP contribution in [0.4, 0.5) is 4.39 Å². The second kappa shape index (κ2) is 9.12. The molecule has 4 nitrogen and oxygen atoms in total. The summed E-state index contributed by atoms with van der Waals surface area (Å²) in [6.07, 6.45) is 1.77. The van der Waals surface area contributed by atoms with Crippen molar-refractivity contribution in [3.05, 3.63) is 34.6 Å². The van der Waals surface area contributed by atoms with Crippen molar-refractivity contribution in [2.75, 3.05) is 6.54 Å². The molecular weight excluding hydrogens is 359 g/mol. The normalized spacial score (nSPS) is 13.6. The quantitative estimate of drug-likeness (QED) is 0.563. The van der Waals surface area contributed by atoms with Crippen molar-refractivity contribution in [3.8, 4) is 0 Å². The van der Waals surface area contributed by atoms with Gasteiger partial charge in [-0.2, -0.15) is 0 Å². The Morgan fingerprint density at radius 2 is 2.04 bits per heavy atom. The van der Waals surface area contributed by atoms with Gasteiger partial charge in [0.1, 0.15) is 5.82 Å². The van der Waals surface area contributed by atoms with E-state index in [1.165, 1.54) is 6.07 Å². The minimum absolute atomic E-state index is 0.0523. The number of rotatable bonds is 9. The lowest BCUT2D eigenvalue weighted by molar-refractivity contribution is -0.120. The lowest BCUT2D eigenvalue weighted by Gasteiger charge is -2.35. The molecule has 0 fully saturated rings. The SMILES string of the molecule is C[C@H](CCC(C)(C)[Si](C)(C)O)NCC(=O)NCc1cccc(Cl)c1F. The number of halogens is 2. The maximum absolute atomic E-state index is 13.8. The average Bonchev–Trinajstić information content (AvgIpc) is 2.51. The zero-order chi connectivity index (χ0) is 19.3. The predicted molar refractivity (Wildman–Crippen MR) is 104 cm³/mol. The van der Waals surface area contributed by atoms with Gasteiger partial charge in [-0.15, -0.1) is 0 Å². The number of hydrogen-bond donors (Lipinski definition) is 3. The summed E-state index contributed by atoms with van der Waals surface area (Å²) in [4.78, 5) is 22.2. The van der Waals surface area contributed by atoms with Gasteiger partial charge in [-0.05, 0) is 44.0 Å². The van der Waals surface area contributed by atoms with Gasteiger partial charge in [0.05, 0.1) is 11.6 Å². The summed E-state index contributed by atoms with van der Waals surface area (Å²) in [6.45, 7) is 10.4. The second-order valence-corrected chi connectivity index (χ2v) is 12.6. The van der Waals surface area contributed by atoms with Crippen LogP contribution < -0.4 is 10.6 Å². The van der Waals surface area contributed by atoms with Gasteiger partial charge in [-0.1, -0.05) is 37.6 Å². The zero-order valence-corrected chi connectivity index (χ0v) is 17.5. The van der Waals surface area contributed by atoms with Gasteiger partial charge in [0.25, 0.3) is 0 Å². The molecule has 0 aliphatic rings. The summed E-state index contributed by atoms with van der Waals surface area (Å²) in [5.41, 5.74) is 0.366. The molecular formula is C18H30ClFN2O2Si. The first-order valence-corrected chi connectivity index (χ1v) is 11.9. The van der Waals surface area contributed by atoms with E-state index in [0.717, 1.165) is 12.8 Å². The summed E-state index contributed by atoms with van der Waals surface area (Å²) in [5.74, 6) is -0.689. The van der Waals surface area contributed by atoms with Gasteiger partial charge in [-0.25, -0.2) is 4.39 Å². The van der Waals surface area contributed by atoms with Crippen LogP contribution in [0.2, 0.25) is 23.2 Å². The second-order valence-electron chi connectivity index (χ2n) is 7.75. The monoisotopic (exact) mass is 388 g/mol. The van der Waals surface area contributed by atoms with E-state index in [1.54, 1.807) is 12.1 Å². The van der Waals surface area contributed by atoms with Gasteiger partial charge < -0.3 is 15.4 Å². The van der Waals surface area contributed by atoms with E-state index >= 15 is 0 Å². The van der Waals surface area contributed by atoms with Crippen molar-refractivity contribution in [3.63, 3.8) is 0 Å². The molecule has 0 radical (unpaired) electrons. The molecule has 0 saturated heterocycles. The molecule has 142 valence electrons. The van der Waals surface area contributed by atoms with Gasteiger partial charge in [0.2, 0.25) is 5.91 Å². The van der Waals surface area contributed by atoms with Crippen LogP contribution in [0.1, 0.15) is 39.2 Å². The standard InChI is InChI=1S/C18H30ClFN2O2Si/c1-13(9-10-18(2,3)25(4,5)24)21-12-16(23)22-11-14-7-6-8-15(19)17(14)20/h6-8,13,21,24H,9-12H2,1-5H3,(H,22,23)/t13-/m1/s1. The maximum Gasteiger partial charge on any atom is 0.234 e. The van der Waals surface area contributed by atoms with E-state index < -0.39 is 14.1 Å². The summed E-state index contributed by atoms with van der Waals surface area (Å²) in [6, 6.07) is 4.88. The lowest BCUT2D eigenvalue weighted by Crippen LogP contribution is -2.41. The van der Waals surface area contributed by atoms with E-state index in [0.29, 0.717) is 5.56 Å². The van der Waals surface area contributed by atoms with E-state index in [-0.39, 0.29) is 35.1 Å². The van der Waals surface area contributed by atoms with Crippen LogP contribution in [0, 0.1) is 5.82 Å². The Kier molecular flexibility index (Phi) is 8.06. The topological polar surface area (TPSA) is 61.4 Å². The molecule has 0 aliphatic heterocycles. The molecule has 7 heteroatoms. The van der Waals surface area contributed by atoms with E-state index in [9.17, 15) is 14.0 Å². The zero-order valence-electron chi connectivity index (χ0n) is 15.7. The summed E-state index contributed by atoms with van der Waals surface area (Å²) in [5, 5.41) is 5.83. The van der Waals surface area contributed by atoms with Crippen molar-refractivity contribution >= 4 is 25.8 Å². The molecule has 0 spiro atoms. The van der Waals surface area contributed by atoms with Crippen molar-refractivity contribution in [2.45, 2.75) is 64.3 Å². The Bertz CT molecular complexity index is 591. The number of carbonyl (C=O) groups is 1. The van der Waals surface area contributed by atoms with E-state index in [1.807, 2.05) is 20.0 Å². The summed E-state index contributed by atoms with van der Waals surface area (Å²) < 4.78 is 13.8. The van der Waals surface area contributed by atoms with Crippen molar-refractivity contribution in [2.24, 2.45) is 0 Å². The Labute approximate surface area is 156 Å². The number of hydrogen-bond acceptors (Lipinski definition) is 3. The summed E-state index contributed by atoms with van der Waals surface area (Å²) >= 11 is 5.72. The largest absolute Gasteiger partial charge is 0.432 e. The van der Waals surface area contributed by atoms with Crippen molar-refractivity contribution in [1.29, 1.82) is 0 Å².